The van der Waals surface area contributed by atoms with Crippen LogP contribution in [0, 0.1) is 0 Å². The molecule has 95 heavy (non-hydrogen) atoms. The highest BCUT2D eigenvalue weighted by Crippen LogP contribution is 2.45. The number of phosphoric ester groups is 2. The largest absolute Gasteiger partial charge is 0.472 e. The zero-order chi connectivity index (χ0) is 69.5. The fraction of sp³-hybridized carbons (Fsp3) is 0.545. The number of aliphatic hydroxyl groups is 2. The molecular weight excluding hydrogens is 1240 g/mol. The number of carbonyl (C=O) groups excluding carboxylic acids is 3. The first kappa shape index (κ1) is 89.4. The Bertz CT molecular complexity index is 2510. The Morgan fingerprint density at radius 3 is 0.832 bits per heavy atom. The second-order valence-corrected chi connectivity index (χ2v) is 25.1. The fourth-order valence-corrected chi connectivity index (χ4v) is 9.68. The Kier molecular flexibility index (Phi) is 64.3. The monoisotopic (exact) mass is 1360 g/mol. The first-order valence-electron chi connectivity index (χ1n) is 34.7. The summed E-state index contributed by atoms with van der Waals surface area (Å²) in [5.41, 5.74) is 0. The van der Waals surface area contributed by atoms with Gasteiger partial charge in [-0.05, 0) is 161 Å². The Morgan fingerprint density at radius 1 is 0.295 bits per heavy atom. The number of hydrogen-bond acceptors (Lipinski definition) is 14. The average molecular weight is 1360 g/mol. The number of allylic oxidation sites excluding steroid dienone is 32. The van der Waals surface area contributed by atoms with E-state index < -0.39 is 91.5 Å². The van der Waals surface area contributed by atoms with Gasteiger partial charge >= 0.3 is 33.6 Å². The van der Waals surface area contributed by atoms with Gasteiger partial charge in [0.25, 0.3) is 0 Å². The summed E-state index contributed by atoms with van der Waals surface area (Å²) in [4.78, 5) is 58.5. The van der Waals surface area contributed by atoms with Crippen molar-refractivity contribution in [3.63, 3.8) is 0 Å². The molecule has 0 aromatic rings. The van der Waals surface area contributed by atoms with E-state index in [1.165, 1.54) is 0 Å². The third kappa shape index (κ3) is 69.6. The number of hydrogen-bond donors (Lipinski definition) is 4. The summed E-state index contributed by atoms with van der Waals surface area (Å²) in [7, 11) is -9.84. The van der Waals surface area contributed by atoms with Crippen molar-refractivity contribution in [1.29, 1.82) is 0 Å². The van der Waals surface area contributed by atoms with Crippen LogP contribution in [0.25, 0.3) is 0 Å². The standard InChI is InChI=1S/C77H120O16P2/c1-4-7-10-13-16-19-22-25-28-31-34-35-38-40-42-45-48-51-54-57-60-63-75(80)87-66-72(78)67-89-94(83,84)90-68-73(79)69-91-95(85,86)92-71-74(93-77(82)65-62-59-56-53-50-47-44-41-37-33-30-27-24-21-18-15-12-9-6-3)70-88-76(81)64-61-58-55-52-49-46-43-39-36-32-29-26-23-20-17-14-11-8-5-2/h7-12,16-21,25-30,34-37,39-42,46-51,72-74,78-79H,4-6,13-15,22-24,31-33,38,43-45,52-71H2,1-3H3,(H,83,84)(H,85,86)/b10-7-,11-8-,12-9-,19-16-,20-17-,21-18-,28-25-,29-26-,30-27-,35-34-,39-36-,41-37-,42-40-,49-46-,50-47-,51-48-. The van der Waals surface area contributed by atoms with E-state index in [-0.39, 0.29) is 19.3 Å². The minimum Gasteiger partial charge on any atom is -0.463 e. The van der Waals surface area contributed by atoms with Crippen LogP contribution in [0.5, 0.6) is 0 Å². The maximum atomic E-state index is 12.9. The van der Waals surface area contributed by atoms with E-state index in [4.69, 9.17) is 32.3 Å². The number of rotatable bonds is 63. The molecule has 0 bridgehead atoms. The maximum absolute atomic E-state index is 12.9. The second-order valence-electron chi connectivity index (χ2n) is 22.2. The smallest absolute Gasteiger partial charge is 0.463 e. The van der Waals surface area contributed by atoms with E-state index in [0.717, 1.165) is 154 Å². The van der Waals surface area contributed by atoms with Crippen molar-refractivity contribution in [2.45, 2.75) is 232 Å². The topological polar surface area (TPSA) is 231 Å². The van der Waals surface area contributed by atoms with E-state index in [0.29, 0.717) is 19.3 Å². The SMILES string of the molecule is CC/C=C\C/C=C\C/C=C\C/C=C\C/C=C\C/C=C\CCCCC(=O)OCC(O)COP(=O)(O)OCC(O)COP(=O)(O)OCC(COC(=O)CCCCC/C=C\C/C=C\C/C=C\C/C=C\C/C=C\CC)OC(=O)CCCCC/C=C\C/C=C\C/C=C\C/C=C\C/C=C\CC. The van der Waals surface area contributed by atoms with Crippen LogP contribution in [0.4, 0.5) is 0 Å². The number of esters is 3. The number of unbranched alkanes of at least 4 members (excludes halogenated alkanes) is 8. The lowest BCUT2D eigenvalue weighted by atomic mass is 10.1. The predicted octanol–water partition coefficient (Wildman–Crippen LogP) is 19.6. The predicted molar refractivity (Wildman–Crippen MR) is 389 cm³/mol. The van der Waals surface area contributed by atoms with Crippen LogP contribution in [0.3, 0.4) is 0 Å². The third-order valence-corrected chi connectivity index (χ3v) is 15.2. The van der Waals surface area contributed by atoms with Gasteiger partial charge in [-0.1, -0.05) is 228 Å². The van der Waals surface area contributed by atoms with Crippen molar-refractivity contribution >= 4 is 33.6 Å². The molecule has 0 aliphatic rings. The summed E-state index contributed by atoms with van der Waals surface area (Å²) in [5, 5.41) is 20.6. The van der Waals surface area contributed by atoms with E-state index in [9.17, 15) is 43.5 Å². The van der Waals surface area contributed by atoms with Crippen LogP contribution in [0.2, 0.25) is 0 Å². The molecule has 4 N–H and O–H groups in total. The first-order chi connectivity index (χ1) is 46.2. The molecule has 0 spiro atoms. The molecule has 0 rings (SSSR count). The molecule has 5 atom stereocenters. The van der Waals surface area contributed by atoms with E-state index in [1.54, 1.807) is 0 Å². The number of ether oxygens (including phenoxy) is 3. The molecule has 534 valence electrons. The highest BCUT2D eigenvalue weighted by atomic mass is 31.2. The van der Waals surface area contributed by atoms with Crippen molar-refractivity contribution < 1.29 is 75.8 Å². The van der Waals surface area contributed by atoms with Gasteiger partial charge in [-0.15, -0.1) is 0 Å². The van der Waals surface area contributed by atoms with Gasteiger partial charge in [0.05, 0.1) is 26.4 Å². The summed E-state index contributed by atoms with van der Waals surface area (Å²) in [6, 6.07) is 0. The summed E-state index contributed by atoms with van der Waals surface area (Å²) < 4.78 is 60.8. The maximum Gasteiger partial charge on any atom is 0.472 e. The molecule has 0 amide bonds. The van der Waals surface area contributed by atoms with Gasteiger partial charge in [-0.2, -0.15) is 0 Å². The summed E-state index contributed by atoms with van der Waals surface area (Å²) >= 11 is 0. The van der Waals surface area contributed by atoms with Gasteiger partial charge in [-0.3, -0.25) is 32.5 Å². The van der Waals surface area contributed by atoms with Crippen LogP contribution in [0.1, 0.15) is 213 Å². The van der Waals surface area contributed by atoms with Crippen molar-refractivity contribution in [3.05, 3.63) is 194 Å². The molecule has 0 radical (unpaired) electrons. The molecule has 0 fully saturated rings. The van der Waals surface area contributed by atoms with E-state index >= 15 is 0 Å². The van der Waals surface area contributed by atoms with Gasteiger partial charge in [0, 0.05) is 19.3 Å². The molecule has 0 saturated heterocycles. The number of carbonyl (C=O) groups is 3. The lowest BCUT2D eigenvalue weighted by molar-refractivity contribution is -0.161. The van der Waals surface area contributed by atoms with Gasteiger partial charge in [0.2, 0.25) is 0 Å². The molecule has 5 unspecified atom stereocenters. The van der Waals surface area contributed by atoms with Crippen molar-refractivity contribution in [2.24, 2.45) is 0 Å². The van der Waals surface area contributed by atoms with Crippen LogP contribution >= 0.6 is 15.6 Å². The average Bonchev–Trinajstić information content (AvgIpc) is 1.70. The molecule has 0 saturated carbocycles. The molecule has 0 aliphatic carbocycles. The lowest BCUT2D eigenvalue weighted by Gasteiger charge is -2.21. The minimum absolute atomic E-state index is 0.0473. The molecular formula is C77H120O16P2. The zero-order valence-electron chi connectivity index (χ0n) is 57.7. The van der Waals surface area contributed by atoms with Gasteiger partial charge in [-0.25, -0.2) is 9.13 Å². The number of aliphatic hydroxyl groups excluding tert-OH is 2. The Labute approximate surface area is 572 Å². The molecule has 0 aromatic heterocycles. The number of phosphoric acid groups is 2. The van der Waals surface area contributed by atoms with Crippen LogP contribution in [-0.4, -0.2) is 95.9 Å². The fourth-order valence-electron chi connectivity index (χ4n) is 8.09. The Balaban J connectivity index is 4.85. The third-order valence-electron chi connectivity index (χ3n) is 13.3. The van der Waals surface area contributed by atoms with Gasteiger partial charge in [0.1, 0.15) is 25.4 Å². The van der Waals surface area contributed by atoms with Gasteiger partial charge < -0.3 is 34.2 Å². The minimum atomic E-state index is -4.96. The zero-order valence-corrected chi connectivity index (χ0v) is 59.5. The molecule has 18 heteroatoms. The van der Waals surface area contributed by atoms with E-state index in [1.807, 2.05) is 0 Å². The Hall–Kier alpha value is -5.61. The quantitative estimate of drug-likeness (QED) is 0.0146. The van der Waals surface area contributed by atoms with Crippen molar-refractivity contribution in [2.75, 3.05) is 39.6 Å². The Morgan fingerprint density at radius 2 is 0.526 bits per heavy atom. The van der Waals surface area contributed by atoms with Crippen LogP contribution in [-0.2, 0) is 55.8 Å². The summed E-state index contributed by atoms with van der Waals surface area (Å²) in [6.45, 7) is 2.14. The highest BCUT2D eigenvalue weighted by Gasteiger charge is 2.29. The van der Waals surface area contributed by atoms with E-state index in [2.05, 4.69) is 215 Å². The highest BCUT2D eigenvalue weighted by molar-refractivity contribution is 7.47. The summed E-state index contributed by atoms with van der Waals surface area (Å²) in [6.07, 6.45) is 87.7. The van der Waals surface area contributed by atoms with Crippen LogP contribution in [0.15, 0.2) is 194 Å². The molecule has 16 nitrogen and oxygen atoms in total. The molecule has 0 aliphatic heterocycles. The molecule has 0 heterocycles. The molecule has 0 aromatic carbocycles. The summed E-state index contributed by atoms with van der Waals surface area (Å²) in [5.74, 6) is -1.71. The van der Waals surface area contributed by atoms with Crippen molar-refractivity contribution in [3.8, 4) is 0 Å². The normalized spacial score (nSPS) is 15.3. The first-order valence-corrected chi connectivity index (χ1v) is 37.7. The second kappa shape index (κ2) is 68.3. The van der Waals surface area contributed by atoms with Crippen molar-refractivity contribution in [1.82, 2.24) is 0 Å². The van der Waals surface area contributed by atoms with Crippen LogP contribution < -0.4 is 0 Å². The van der Waals surface area contributed by atoms with Gasteiger partial charge in [0.15, 0.2) is 6.10 Å². The lowest BCUT2D eigenvalue weighted by Crippen LogP contribution is -2.30.